The largest absolute Gasteiger partial charge is 0.378 e. The van der Waals surface area contributed by atoms with E-state index in [4.69, 9.17) is 4.18 Å². The van der Waals surface area contributed by atoms with Crippen LogP contribution in [0.5, 0.6) is 5.75 Å². The average molecular weight is 450 g/mol. The number of carbonyl (C=O) groups excluding carboxylic acids is 1. The van der Waals surface area contributed by atoms with Gasteiger partial charge < -0.3 is 4.18 Å². The molecule has 1 aliphatic rings. The summed E-state index contributed by atoms with van der Waals surface area (Å²) in [7, 11) is -8.71. The first kappa shape index (κ1) is 15.4. The van der Waals surface area contributed by atoms with E-state index in [1.165, 1.54) is 30.3 Å². The molecule has 114 valence electrons. The molecule has 0 bridgehead atoms. The molecule has 0 N–H and O–H groups in total. The van der Waals surface area contributed by atoms with Crippen molar-refractivity contribution in [2.45, 2.75) is 9.79 Å². The van der Waals surface area contributed by atoms with Crippen molar-refractivity contribution in [2.24, 2.45) is 0 Å². The third-order valence-electron chi connectivity index (χ3n) is 3.03. The van der Waals surface area contributed by atoms with E-state index in [2.05, 4.69) is 0 Å². The Bertz CT molecular complexity index is 1010. The summed E-state index contributed by atoms with van der Waals surface area (Å²) in [6, 6.07) is 9.15. The van der Waals surface area contributed by atoms with Crippen molar-refractivity contribution >= 4 is 47.7 Å². The number of benzene rings is 2. The quantitative estimate of drug-likeness (QED) is 0.450. The van der Waals surface area contributed by atoms with Crippen LogP contribution in [0.3, 0.4) is 0 Å². The van der Waals surface area contributed by atoms with Gasteiger partial charge in [0.15, 0.2) is 5.75 Å². The van der Waals surface area contributed by atoms with Crippen LogP contribution < -0.4 is 4.18 Å². The SMILES string of the molecule is O=C1c2c(I)cccc2S(=O)(=O)Oc2ccccc2S1(=O)=O. The Morgan fingerprint density at radius 3 is 2.23 bits per heavy atom. The van der Waals surface area contributed by atoms with Crippen LogP contribution in [0, 0.1) is 3.57 Å². The number of para-hydroxylation sites is 1. The fourth-order valence-corrected chi connectivity index (χ4v) is 5.77. The standard InChI is InChI=1S/C13H7IO6S2/c14-8-4-3-7-11-12(8)13(15)21(16,17)10-6-2-1-5-9(10)20-22(11,18)19/h1-7H. The molecule has 0 saturated heterocycles. The second-order valence-corrected chi connectivity index (χ2v) is 8.88. The number of hydrogen-bond acceptors (Lipinski definition) is 6. The van der Waals surface area contributed by atoms with Gasteiger partial charge >= 0.3 is 10.1 Å². The van der Waals surface area contributed by atoms with Gasteiger partial charge in [-0.1, -0.05) is 18.2 Å². The van der Waals surface area contributed by atoms with Crippen molar-refractivity contribution in [3.63, 3.8) is 0 Å². The van der Waals surface area contributed by atoms with E-state index < -0.39 is 40.4 Å². The number of fused-ring (bicyclic) bond motifs is 2. The summed E-state index contributed by atoms with van der Waals surface area (Å²) in [5.74, 6) is -0.389. The molecule has 9 heteroatoms. The molecule has 2 aromatic carbocycles. The molecule has 0 amide bonds. The number of sulfone groups is 1. The van der Waals surface area contributed by atoms with E-state index in [9.17, 15) is 21.6 Å². The van der Waals surface area contributed by atoms with Crippen LogP contribution in [0.15, 0.2) is 52.3 Å². The van der Waals surface area contributed by atoms with Crippen LogP contribution in [-0.4, -0.2) is 22.0 Å². The van der Waals surface area contributed by atoms with Gasteiger partial charge in [0.2, 0.25) is 9.84 Å². The first-order chi connectivity index (χ1) is 10.2. The summed E-state index contributed by atoms with van der Waals surface area (Å²) in [4.78, 5) is 11.5. The summed E-state index contributed by atoms with van der Waals surface area (Å²) in [5, 5.41) is -1.26. The first-order valence-corrected chi connectivity index (χ1v) is 9.83. The number of hydrogen-bond donors (Lipinski definition) is 0. The molecule has 3 rings (SSSR count). The molecule has 0 aromatic heterocycles. The van der Waals surface area contributed by atoms with Crippen LogP contribution in [0.1, 0.15) is 10.4 Å². The summed E-state index contributed by atoms with van der Waals surface area (Å²) >= 11 is 1.72. The molecule has 2 aromatic rings. The van der Waals surface area contributed by atoms with E-state index in [1.807, 2.05) is 0 Å². The molecule has 0 aliphatic carbocycles. The van der Waals surface area contributed by atoms with Gasteiger partial charge in [0.25, 0.3) is 5.12 Å². The fourth-order valence-electron chi connectivity index (χ4n) is 2.05. The Morgan fingerprint density at radius 2 is 1.50 bits per heavy atom. The highest BCUT2D eigenvalue weighted by atomic mass is 127. The van der Waals surface area contributed by atoms with Gasteiger partial charge in [-0.05, 0) is 46.9 Å². The van der Waals surface area contributed by atoms with Crippen LogP contribution in [0.2, 0.25) is 0 Å². The predicted molar refractivity (Wildman–Crippen MR) is 84.9 cm³/mol. The Morgan fingerprint density at radius 1 is 0.864 bits per heavy atom. The molecule has 1 heterocycles. The molecular formula is C13H7IO6S2. The summed E-state index contributed by atoms with van der Waals surface area (Å²) in [6.45, 7) is 0. The third-order valence-corrected chi connectivity index (χ3v) is 6.82. The molecular weight excluding hydrogens is 443 g/mol. The molecule has 0 spiro atoms. The molecule has 0 saturated carbocycles. The summed E-state index contributed by atoms with van der Waals surface area (Å²) in [5.41, 5.74) is -0.391. The van der Waals surface area contributed by atoms with E-state index in [0.717, 1.165) is 12.1 Å². The van der Waals surface area contributed by atoms with E-state index >= 15 is 0 Å². The van der Waals surface area contributed by atoms with Gasteiger partial charge in [-0.15, -0.1) is 0 Å². The van der Waals surface area contributed by atoms with Crippen molar-refractivity contribution in [2.75, 3.05) is 0 Å². The Hall–Kier alpha value is -1.46. The first-order valence-electron chi connectivity index (χ1n) is 5.86. The molecule has 0 fully saturated rings. The second-order valence-electron chi connectivity index (χ2n) is 4.39. The smallest absolute Gasteiger partial charge is 0.340 e. The fraction of sp³-hybridized carbons (Fsp3) is 0. The Labute approximate surface area is 140 Å². The normalized spacial score (nSPS) is 18.3. The zero-order valence-electron chi connectivity index (χ0n) is 10.7. The minimum atomic E-state index is -4.40. The highest BCUT2D eigenvalue weighted by molar-refractivity contribution is 14.1. The predicted octanol–water partition coefficient (Wildman–Crippen LogP) is 1.99. The van der Waals surface area contributed by atoms with Crippen molar-refractivity contribution < 1.29 is 25.8 Å². The van der Waals surface area contributed by atoms with Crippen molar-refractivity contribution in [1.29, 1.82) is 0 Å². The maximum Gasteiger partial charge on any atom is 0.340 e. The topological polar surface area (TPSA) is 94.6 Å². The lowest BCUT2D eigenvalue weighted by Crippen LogP contribution is -2.25. The lowest BCUT2D eigenvalue weighted by molar-refractivity contribution is 0.107. The third kappa shape index (κ3) is 2.23. The monoisotopic (exact) mass is 450 g/mol. The Kier molecular flexibility index (Phi) is 3.53. The van der Waals surface area contributed by atoms with Gasteiger partial charge in [0.1, 0.15) is 9.79 Å². The molecule has 22 heavy (non-hydrogen) atoms. The van der Waals surface area contributed by atoms with E-state index in [0.29, 0.717) is 0 Å². The molecule has 6 nitrogen and oxygen atoms in total. The maximum absolute atomic E-state index is 12.5. The van der Waals surface area contributed by atoms with Gasteiger partial charge in [0.05, 0.1) is 5.56 Å². The van der Waals surface area contributed by atoms with Crippen LogP contribution >= 0.6 is 22.6 Å². The lowest BCUT2D eigenvalue weighted by Gasteiger charge is -2.17. The van der Waals surface area contributed by atoms with Crippen molar-refractivity contribution in [3.8, 4) is 5.75 Å². The Balaban J connectivity index is 2.47. The highest BCUT2D eigenvalue weighted by Gasteiger charge is 2.39. The molecule has 0 unspecified atom stereocenters. The van der Waals surface area contributed by atoms with Gasteiger partial charge in [0, 0.05) is 3.57 Å². The van der Waals surface area contributed by atoms with Crippen LogP contribution in [0.25, 0.3) is 0 Å². The highest BCUT2D eigenvalue weighted by Crippen LogP contribution is 2.35. The lowest BCUT2D eigenvalue weighted by atomic mass is 10.2. The summed E-state index contributed by atoms with van der Waals surface area (Å²) in [6.07, 6.45) is 0. The average Bonchev–Trinajstić information content (AvgIpc) is 2.45. The second kappa shape index (κ2) is 5.03. The minimum absolute atomic E-state index is 0.218. The number of rotatable bonds is 0. The molecule has 1 aliphatic heterocycles. The van der Waals surface area contributed by atoms with Crippen LogP contribution in [0.4, 0.5) is 0 Å². The van der Waals surface area contributed by atoms with E-state index in [-0.39, 0.29) is 9.32 Å². The number of carbonyl (C=O) groups is 1. The molecule has 0 radical (unpaired) electrons. The maximum atomic E-state index is 12.5. The number of halogens is 1. The summed E-state index contributed by atoms with van der Waals surface area (Å²) < 4.78 is 54.8. The molecule has 0 atom stereocenters. The van der Waals surface area contributed by atoms with Crippen LogP contribution in [-0.2, 0) is 20.0 Å². The van der Waals surface area contributed by atoms with Gasteiger partial charge in [-0.3, -0.25) is 4.79 Å². The van der Waals surface area contributed by atoms with Crippen molar-refractivity contribution in [3.05, 3.63) is 51.6 Å². The zero-order chi connectivity index (χ0) is 16.1. The van der Waals surface area contributed by atoms with Gasteiger partial charge in [-0.2, -0.15) is 8.42 Å². The minimum Gasteiger partial charge on any atom is -0.378 e. The van der Waals surface area contributed by atoms with Gasteiger partial charge in [-0.25, -0.2) is 8.42 Å². The van der Waals surface area contributed by atoms with Crippen molar-refractivity contribution in [1.82, 2.24) is 0 Å². The zero-order valence-corrected chi connectivity index (χ0v) is 14.5. The van der Waals surface area contributed by atoms with E-state index in [1.54, 1.807) is 22.6 Å².